The van der Waals surface area contributed by atoms with Gasteiger partial charge in [-0.25, -0.2) is 14.4 Å². The molecule has 1 fully saturated rings. The summed E-state index contributed by atoms with van der Waals surface area (Å²) >= 11 is 1.66. The van der Waals surface area contributed by atoms with Gasteiger partial charge in [-0.3, -0.25) is 10.1 Å². The number of halogens is 1. The molecule has 5 heterocycles. The molecule has 38 heavy (non-hydrogen) atoms. The van der Waals surface area contributed by atoms with Crippen LogP contribution in [0.5, 0.6) is 0 Å². The highest BCUT2D eigenvalue weighted by atomic mass is 32.1. The van der Waals surface area contributed by atoms with Crippen LogP contribution in [0.1, 0.15) is 31.2 Å². The second-order valence-electron chi connectivity index (χ2n) is 9.93. The van der Waals surface area contributed by atoms with Crippen molar-refractivity contribution in [3.05, 3.63) is 71.7 Å². The smallest absolute Gasteiger partial charge is 0.178 e. The molecule has 6 aromatic rings. The molecule has 3 N–H and O–H groups in total. The number of thiophene rings is 1. The minimum absolute atomic E-state index is 0.322. The van der Waals surface area contributed by atoms with Crippen LogP contribution in [0.2, 0.25) is 0 Å². The Bertz CT molecular complexity index is 1730. The number of nitrogens with zero attached hydrogens (tertiary/aromatic N) is 4. The van der Waals surface area contributed by atoms with E-state index in [0.29, 0.717) is 28.2 Å². The Balaban J connectivity index is 1.23. The number of aromatic nitrogens is 6. The van der Waals surface area contributed by atoms with Crippen molar-refractivity contribution < 1.29 is 4.39 Å². The molecule has 0 radical (unpaired) electrons. The van der Waals surface area contributed by atoms with Crippen LogP contribution in [0.4, 0.5) is 4.39 Å². The number of fused-ring (bicyclic) bond motifs is 2. The Morgan fingerprint density at radius 2 is 2.00 bits per heavy atom. The van der Waals surface area contributed by atoms with Gasteiger partial charge in [-0.05, 0) is 60.5 Å². The summed E-state index contributed by atoms with van der Waals surface area (Å²) < 4.78 is 15.3. The lowest BCUT2D eigenvalue weighted by Crippen LogP contribution is -2.20. The molecule has 1 aliphatic rings. The SMILES string of the molecule is Fc1cc2[nH]nc(-c3nc4nccc(-c5cccs5)c4[nH]3)c2cc1-c1cncc(CNCC2CCCC2)c1. The molecule has 1 saturated carbocycles. The van der Waals surface area contributed by atoms with Crippen LogP contribution in [0, 0.1) is 11.7 Å². The number of benzene rings is 1. The molecule has 9 heteroatoms. The van der Waals surface area contributed by atoms with Gasteiger partial charge in [-0.1, -0.05) is 18.9 Å². The molecule has 1 aromatic carbocycles. The van der Waals surface area contributed by atoms with Gasteiger partial charge in [0.15, 0.2) is 11.5 Å². The summed E-state index contributed by atoms with van der Waals surface area (Å²) in [6.07, 6.45) is 10.6. The summed E-state index contributed by atoms with van der Waals surface area (Å²) in [6.45, 7) is 1.74. The maximum absolute atomic E-state index is 15.3. The third-order valence-corrected chi connectivity index (χ3v) is 8.30. The Morgan fingerprint density at radius 1 is 1.08 bits per heavy atom. The molecular weight excluding hydrogens is 497 g/mol. The van der Waals surface area contributed by atoms with Crippen molar-refractivity contribution in [2.24, 2.45) is 5.92 Å². The lowest BCUT2D eigenvalue weighted by molar-refractivity contribution is 0.489. The van der Waals surface area contributed by atoms with Crippen LogP contribution in [0.25, 0.3) is 55.2 Å². The van der Waals surface area contributed by atoms with Crippen LogP contribution >= 0.6 is 11.3 Å². The number of rotatable bonds is 7. The van der Waals surface area contributed by atoms with Crippen molar-refractivity contribution in [1.29, 1.82) is 0 Å². The normalized spacial score (nSPS) is 14.2. The average molecular weight is 524 g/mol. The maximum Gasteiger partial charge on any atom is 0.178 e. The van der Waals surface area contributed by atoms with E-state index in [1.54, 1.807) is 23.7 Å². The van der Waals surface area contributed by atoms with E-state index < -0.39 is 0 Å². The first-order valence-electron chi connectivity index (χ1n) is 12.9. The number of aromatic amines is 2. The van der Waals surface area contributed by atoms with Gasteiger partial charge < -0.3 is 10.3 Å². The standard InChI is InChI=1S/C29H26FN7S/c30-23-12-24-22(11-21(23)19-10-18(15-32-16-19)14-31-13-17-4-1-2-5-17)27(37-36-24)29-34-26-20(25-6-3-9-38-25)7-8-33-28(26)35-29/h3,6-12,15-17,31H,1-2,4-5,13-14H2,(H,36,37)(H,33,34,35). The third-order valence-electron chi connectivity index (χ3n) is 7.40. The van der Waals surface area contributed by atoms with E-state index in [1.165, 1.54) is 31.7 Å². The highest BCUT2D eigenvalue weighted by Gasteiger charge is 2.19. The maximum atomic E-state index is 15.3. The first-order valence-corrected chi connectivity index (χ1v) is 13.8. The Hall–Kier alpha value is -3.95. The number of nitrogens with one attached hydrogen (secondary N) is 3. The zero-order valence-corrected chi connectivity index (χ0v) is 21.5. The zero-order valence-electron chi connectivity index (χ0n) is 20.7. The second-order valence-corrected chi connectivity index (χ2v) is 10.9. The fourth-order valence-electron chi connectivity index (χ4n) is 5.47. The van der Waals surface area contributed by atoms with Crippen molar-refractivity contribution in [1.82, 2.24) is 35.5 Å². The predicted octanol–water partition coefficient (Wildman–Crippen LogP) is 6.71. The Morgan fingerprint density at radius 3 is 2.87 bits per heavy atom. The van der Waals surface area contributed by atoms with Crippen LogP contribution in [0.15, 0.2) is 60.4 Å². The summed E-state index contributed by atoms with van der Waals surface area (Å²) in [4.78, 5) is 18.1. The number of pyridine rings is 2. The second kappa shape index (κ2) is 9.74. The molecule has 0 amide bonds. The topological polar surface area (TPSA) is 95.2 Å². The van der Waals surface area contributed by atoms with E-state index in [9.17, 15) is 0 Å². The van der Waals surface area contributed by atoms with E-state index in [1.807, 2.05) is 35.8 Å². The van der Waals surface area contributed by atoms with Crippen molar-refractivity contribution in [3.8, 4) is 33.1 Å². The number of hydrogen-bond donors (Lipinski definition) is 3. The predicted molar refractivity (Wildman–Crippen MR) is 149 cm³/mol. The Labute approximate surface area is 222 Å². The van der Waals surface area contributed by atoms with Crippen LogP contribution in [-0.4, -0.2) is 36.7 Å². The molecule has 0 saturated heterocycles. The molecule has 7 nitrogen and oxygen atoms in total. The molecule has 1 aliphatic carbocycles. The summed E-state index contributed by atoms with van der Waals surface area (Å²) in [5, 5.41) is 13.8. The van der Waals surface area contributed by atoms with Gasteiger partial charge in [0, 0.05) is 58.2 Å². The average Bonchev–Trinajstić information content (AvgIpc) is 3.74. The van der Waals surface area contributed by atoms with Gasteiger partial charge in [0.1, 0.15) is 11.5 Å². The van der Waals surface area contributed by atoms with Gasteiger partial charge >= 0.3 is 0 Å². The summed E-state index contributed by atoms with van der Waals surface area (Å²) in [6, 6.07) is 11.4. The van der Waals surface area contributed by atoms with Crippen LogP contribution < -0.4 is 5.32 Å². The fraction of sp³-hybridized carbons (Fsp3) is 0.241. The van der Waals surface area contributed by atoms with Crippen molar-refractivity contribution in [3.63, 3.8) is 0 Å². The molecule has 190 valence electrons. The Kier molecular flexibility index (Phi) is 5.94. The van der Waals surface area contributed by atoms with E-state index in [-0.39, 0.29) is 5.82 Å². The first-order chi connectivity index (χ1) is 18.7. The molecule has 0 spiro atoms. The highest BCUT2D eigenvalue weighted by Crippen LogP contribution is 2.35. The van der Waals surface area contributed by atoms with Crippen LogP contribution in [0.3, 0.4) is 0 Å². The van der Waals surface area contributed by atoms with Gasteiger partial charge in [0.2, 0.25) is 0 Å². The number of hydrogen-bond acceptors (Lipinski definition) is 6. The zero-order chi connectivity index (χ0) is 25.5. The molecule has 0 aliphatic heterocycles. The molecular formula is C29H26FN7S. The highest BCUT2D eigenvalue weighted by molar-refractivity contribution is 7.13. The largest absolute Gasteiger partial charge is 0.335 e. The summed E-state index contributed by atoms with van der Waals surface area (Å²) in [7, 11) is 0. The summed E-state index contributed by atoms with van der Waals surface area (Å²) in [5.74, 6) is 1.03. The fourth-order valence-corrected chi connectivity index (χ4v) is 6.22. The van der Waals surface area contributed by atoms with Gasteiger partial charge in [-0.2, -0.15) is 5.10 Å². The summed E-state index contributed by atoms with van der Waals surface area (Å²) in [5.41, 5.74) is 6.00. The molecule has 0 atom stereocenters. The number of H-pyrrole nitrogens is 2. The van der Waals surface area contributed by atoms with Gasteiger partial charge in [0.25, 0.3) is 0 Å². The minimum Gasteiger partial charge on any atom is -0.335 e. The van der Waals surface area contributed by atoms with Crippen LogP contribution in [-0.2, 0) is 6.54 Å². The quantitative estimate of drug-likeness (QED) is 0.216. The lowest BCUT2D eigenvalue weighted by Gasteiger charge is -2.11. The third kappa shape index (κ3) is 4.27. The van der Waals surface area contributed by atoms with E-state index in [4.69, 9.17) is 4.98 Å². The van der Waals surface area contributed by atoms with Crippen molar-refractivity contribution in [2.75, 3.05) is 6.54 Å². The molecule has 5 aromatic heterocycles. The molecule has 0 bridgehead atoms. The lowest BCUT2D eigenvalue weighted by atomic mass is 10.0. The first kappa shape index (κ1) is 23.2. The van der Waals surface area contributed by atoms with E-state index in [2.05, 4.69) is 36.5 Å². The monoisotopic (exact) mass is 523 g/mol. The molecule has 7 rings (SSSR count). The van der Waals surface area contributed by atoms with Crippen molar-refractivity contribution in [2.45, 2.75) is 32.2 Å². The van der Waals surface area contributed by atoms with Crippen molar-refractivity contribution >= 4 is 33.4 Å². The van der Waals surface area contributed by atoms with Gasteiger partial charge in [-0.15, -0.1) is 11.3 Å². The van der Waals surface area contributed by atoms with Gasteiger partial charge in [0.05, 0.1) is 11.0 Å². The van der Waals surface area contributed by atoms with E-state index in [0.717, 1.165) is 51.5 Å². The molecule has 0 unspecified atom stereocenters. The van der Waals surface area contributed by atoms with E-state index >= 15 is 4.39 Å². The number of imidazole rings is 1. The minimum atomic E-state index is -0.322.